The lowest BCUT2D eigenvalue weighted by molar-refractivity contribution is -0.129. The lowest BCUT2D eigenvalue weighted by atomic mass is 9.93. The topological polar surface area (TPSA) is 63.1 Å². The number of carbonyl (C=O) groups excluding carboxylic acids is 1. The Kier molecular flexibility index (Phi) is 4.55. The van der Waals surface area contributed by atoms with Gasteiger partial charge in [-0.25, -0.2) is 9.67 Å². The maximum atomic E-state index is 12.7. The molecule has 1 fully saturated rings. The summed E-state index contributed by atoms with van der Waals surface area (Å²) in [5.41, 5.74) is -0.449. The molecule has 6 heteroatoms. The third-order valence-electron chi connectivity index (χ3n) is 4.05. The molecule has 2 heterocycles. The minimum Gasteiger partial charge on any atom is -0.314 e. The molecule has 0 bridgehead atoms. The second kappa shape index (κ2) is 6.01. The van der Waals surface area contributed by atoms with Crippen molar-refractivity contribution in [3.05, 3.63) is 12.2 Å². The van der Waals surface area contributed by atoms with Gasteiger partial charge < -0.3 is 5.32 Å². The molecule has 112 valence electrons. The van der Waals surface area contributed by atoms with E-state index in [2.05, 4.69) is 20.3 Å². The zero-order valence-corrected chi connectivity index (χ0v) is 12.9. The molecule has 0 spiro atoms. The van der Waals surface area contributed by atoms with Crippen LogP contribution in [0.15, 0.2) is 6.33 Å². The molecule has 1 saturated heterocycles. The number of ketones is 1. The second-order valence-corrected chi connectivity index (χ2v) is 6.11. The molecule has 20 heavy (non-hydrogen) atoms. The number of Topliss-reactive ketones (excluding diaryl/α,β-unsaturated/α-hetero) is 1. The highest BCUT2D eigenvalue weighted by Crippen LogP contribution is 2.19. The summed E-state index contributed by atoms with van der Waals surface area (Å²) >= 11 is 0. The highest BCUT2D eigenvalue weighted by Gasteiger charge is 2.35. The number of nitrogens with zero attached hydrogens (tertiary/aromatic N) is 4. The van der Waals surface area contributed by atoms with Crippen molar-refractivity contribution in [1.82, 2.24) is 25.0 Å². The van der Waals surface area contributed by atoms with Crippen LogP contribution in [-0.4, -0.2) is 57.2 Å². The van der Waals surface area contributed by atoms with Gasteiger partial charge in [-0.2, -0.15) is 5.10 Å². The molecule has 1 N–H and O–H groups in total. The molecule has 0 aromatic carbocycles. The Balaban J connectivity index is 2.08. The first kappa shape index (κ1) is 15.1. The Morgan fingerprint density at radius 2 is 2.05 bits per heavy atom. The summed E-state index contributed by atoms with van der Waals surface area (Å²) < 4.78 is 1.83. The number of hydrogen-bond donors (Lipinski definition) is 1. The van der Waals surface area contributed by atoms with E-state index < -0.39 is 5.54 Å². The summed E-state index contributed by atoms with van der Waals surface area (Å²) in [6, 6.07) is 0.225. The van der Waals surface area contributed by atoms with Crippen LogP contribution in [0.5, 0.6) is 0 Å². The van der Waals surface area contributed by atoms with Gasteiger partial charge in [0.2, 0.25) is 0 Å². The zero-order chi connectivity index (χ0) is 14.8. The smallest absolute Gasteiger partial charge is 0.160 e. The van der Waals surface area contributed by atoms with E-state index in [9.17, 15) is 4.79 Å². The van der Waals surface area contributed by atoms with E-state index in [1.165, 1.54) is 6.33 Å². The van der Waals surface area contributed by atoms with E-state index in [0.717, 1.165) is 32.0 Å². The standard InChI is InChI=1S/C14H25N5O/c1-11(2)19-13(16-10-17-19)9-12(20)14(3,4)18-7-5-15-6-8-18/h10-11,15H,5-9H2,1-4H3. The number of rotatable bonds is 5. The van der Waals surface area contributed by atoms with Crippen LogP contribution in [0.3, 0.4) is 0 Å². The van der Waals surface area contributed by atoms with E-state index in [1.807, 2.05) is 32.4 Å². The second-order valence-electron chi connectivity index (χ2n) is 6.11. The van der Waals surface area contributed by atoms with Crippen molar-refractivity contribution in [2.24, 2.45) is 0 Å². The van der Waals surface area contributed by atoms with E-state index >= 15 is 0 Å². The van der Waals surface area contributed by atoms with Crippen molar-refractivity contribution >= 4 is 5.78 Å². The normalized spacial score (nSPS) is 17.6. The Bertz CT molecular complexity index is 460. The minimum absolute atomic E-state index is 0.203. The summed E-state index contributed by atoms with van der Waals surface area (Å²) in [5, 5.41) is 7.51. The van der Waals surface area contributed by atoms with E-state index in [-0.39, 0.29) is 11.8 Å². The van der Waals surface area contributed by atoms with Gasteiger partial charge in [0.15, 0.2) is 5.78 Å². The molecule has 1 aliphatic rings. The van der Waals surface area contributed by atoms with Crippen LogP contribution >= 0.6 is 0 Å². The molecule has 0 aliphatic carbocycles. The average Bonchev–Trinajstić information content (AvgIpc) is 2.88. The fourth-order valence-electron chi connectivity index (χ4n) is 2.59. The third-order valence-corrected chi connectivity index (χ3v) is 4.05. The van der Waals surface area contributed by atoms with Crippen LogP contribution in [0.1, 0.15) is 39.6 Å². The fraction of sp³-hybridized carbons (Fsp3) is 0.786. The SMILES string of the molecule is CC(C)n1ncnc1CC(=O)C(C)(C)N1CCNCC1. The van der Waals surface area contributed by atoms with E-state index in [4.69, 9.17) is 0 Å². The summed E-state index contributed by atoms with van der Waals surface area (Å²) in [6.45, 7) is 11.8. The van der Waals surface area contributed by atoms with Gasteiger partial charge >= 0.3 is 0 Å². The molecule has 6 nitrogen and oxygen atoms in total. The van der Waals surface area contributed by atoms with Crippen LogP contribution in [0.25, 0.3) is 0 Å². The zero-order valence-electron chi connectivity index (χ0n) is 12.9. The van der Waals surface area contributed by atoms with Gasteiger partial charge in [0.05, 0.1) is 12.0 Å². The van der Waals surface area contributed by atoms with Crippen molar-refractivity contribution in [3.63, 3.8) is 0 Å². The molecule has 1 aromatic heterocycles. The predicted octanol–water partition coefficient (Wildman–Crippen LogP) is 0.654. The third kappa shape index (κ3) is 3.07. The number of piperazine rings is 1. The first-order chi connectivity index (χ1) is 9.43. The lowest BCUT2D eigenvalue weighted by Gasteiger charge is -2.40. The van der Waals surface area contributed by atoms with E-state index in [0.29, 0.717) is 6.42 Å². The average molecular weight is 279 g/mol. The van der Waals surface area contributed by atoms with Gasteiger partial charge in [0, 0.05) is 32.2 Å². The Labute approximate surface area is 120 Å². The van der Waals surface area contributed by atoms with Gasteiger partial charge in [-0.3, -0.25) is 9.69 Å². The van der Waals surface area contributed by atoms with Crippen molar-refractivity contribution in [1.29, 1.82) is 0 Å². The van der Waals surface area contributed by atoms with Gasteiger partial charge in [-0.15, -0.1) is 0 Å². The largest absolute Gasteiger partial charge is 0.314 e. The highest BCUT2D eigenvalue weighted by molar-refractivity contribution is 5.88. The van der Waals surface area contributed by atoms with Crippen LogP contribution in [0.2, 0.25) is 0 Å². The maximum Gasteiger partial charge on any atom is 0.160 e. The molecule has 0 unspecified atom stereocenters. The van der Waals surface area contributed by atoms with Crippen molar-refractivity contribution in [2.45, 2.75) is 45.7 Å². The summed E-state index contributed by atoms with van der Waals surface area (Å²) in [5.74, 6) is 0.961. The van der Waals surface area contributed by atoms with E-state index in [1.54, 1.807) is 0 Å². The fourth-order valence-corrected chi connectivity index (χ4v) is 2.59. The first-order valence-electron chi connectivity index (χ1n) is 7.30. The molecule has 2 rings (SSSR count). The Hall–Kier alpha value is -1.27. The molecule has 1 aliphatic heterocycles. The molecule has 0 saturated carbocycles. The quantitative estimate of drug-likeness (QED) is 0.857. The minimum atomic E-state index is -0.449. The monoisotopic (exact) mass is 279 g/mol. The van der Waals surface area contributed by atoms with Crippen LogP contribution in [0.4, 0.5) is 0 Å². The summed E-state index contributed by atoms with van der Waals surface area (Å²) in [7, 11) is 0. The van der Waals surface area contributed by atoms with Crippen LogP contribution in [0, 0.1) is 0 Å². The number of hydrogen-bond acceptors (Lipinski definition) is 5. The molecule has 0 amide bonds. The predicted molar refractivity (Wildman–Crippen MR) is 77.6 cm³/mol. The van der Waals surface area contributed by atoms with Gasteiger partial charge in [-0.1, -0.05) is 0 Å². The van der Waals surface area contributed by atoms with Gasteiger partial charge in [-0.05, 0) is 27.7 Å². The Morgan fingerprint density at radius 1 is 1.40 bits per heavy atom. The first-order valence-corrected chi connectivity index (χ1v) is 7.30. The summed E-state index contributed by atoms with van der Waals surface area (Å²) in [4.78, 5) is 19.2. The van der Waals surface area contributed by atoms with Crippen molar-refractivity contribution in [2.75, 3.05) is 26.2 Å². The number of aromatic nitrogens is 3. The van der Waals surface area contributed by atoms with Gasteiger partial charge in [0.1, 0.15) is 12.2 Å². The molecule has 1 aromatic rings. The van der Waals surface area contributed by atoms with Crippen molar-refractivity contribution in [3.8, 4) is 0 Å². The van der Waals surface area contributed by atoms with Crippen LogP contribution in [-0.2, 0) is 11.2 Å². The molecular weight excluding hydrogens is 254 g/mol. The van der Waals surface area contributed by atoms with Gasteiger partial charge in [0.25, 0.3) is 0 Å². The highest BCUT2D eigenvalue weighted by atomic mass is 16.1. The molecular formula is C14H25N5O. The number of nitrogens with one attached hydrogen (secondary N) is 1. The number of carbonyl (C=O) groups is 1. The lowest BCUT2D eigenvalue weighted by Crippen LogP contribution is -2.57. The molecule has 0 atom stereocenters. The summed E-state index contributed by atoms with van der Waals surface area (Å²) in [6.07, 6.45) is 1.87. The maximum absolute atomic E-state index is 12.7. The van der Waals surface area contributed by atoms with Crippen LogP contribution < -0.4 is 5.32 Å². The Morgan fingerprint density at radius 3 is 2.65 bits per heavy atom. The molecule has 0 radical (unpaired) electrons. The van der Waals surface area contributed by atoms with Crippen molar-refractivity contribution < 1.29 is 4.79 Å².